The van der Waals surface area contributed by atoms with Crippen molar-refractivity contribution in [2.45, 2.75) is 6.54 Å². The molecule has 0 aliphatic rings. The normalized spacial score (nSPS) is 10.8. The largest absolute Gasteiger partial charge is 0.497 e. The van der Waals surface area contributed by atoms with Crippen LogP contribution in [0.15, 0.2) is 78.9 Å². The number of ether oxygens (including phenoxy) is 1. The van der Waals surface area contributed by atoms with Crippen molar-refractivity contribution in [1.82, 2.24) is 9.55 Å². The lowest BCUT2D eigenvalue weighted by molar-refractivity contribution is -0.118. The Morgan fingerprint density at radius 3 is 2.36 bits per heavy atom. The molecule has 1 amide bonds. The summed E-state index contributed by atoms with van der Waals surface area (Å²) in [6.45, 7) is 0.202. The highest BCUT2D eigenvalue weighted by molar-refractivity contribution is 5.94. The zero-order valence-corrected chi connectivity index (χ0v) is 15.9. The molecule has 0 radical (unpaired) electrons. The van der Waals surface area contributed by atoms with Crippen molar-refractivity contribution in [3.05, 3.63) is 78.9 Å². The van der Waals surface area contributed by atoms with Gasteiger partial charge in [-0.1, -0.05) is 30.3 Å². The van der Waals surface area contributed by atoms with Crippen LogP contribution in [-0.4, -0.2) is 29.6 Å². The van der Waals surface area contributed by atoms with E-state index in [1.54, 1.807) is 19.1 Å². The maximum Gasteiger partial charge on any atom is 0.246 e. The first kappa shape index (κ1) is 17.8. The molecule has 28 heavy (non-hydrogen) atoms. The quantitative estimate of drug-likeness (QED) is 0.523. The SMILES string of the molecule is COc1ccc(-c2nc3ccccc3n2CC(=O)N(C)c2ccccc2)cc1. The number of aromatic nitrogens is 2. The number of hydrogen-bond acceptors (Lipinski definition) is 3. The van der Waals surface area contributed by atoms with Crippen LogP contribution in [0.1, 0.15) is 0 Å². The Hall–Kier alpha value is -3.60. The first-order chi connectivity index (χ1) is 13.7. The van der Waals surface area contributed by atoms with E-state index in [1.165, 1.54) is 0 Å². The molecule has 0 saturated heterocycles. The Balaban J connectivity index is 1.73. The summed E-state index contributed by atoms with van der Waals surface area (Å²) in [4.78, 5) is 19.4. The predicted octanol–water partition coefficient (Wildman–Crippen LogP) is 4.37. The number of carbonyl (C=O) groups is 1. The molecule has 0 aliphatic carbocycles. The van der Waals surface area contributed by atoms with Crippen LogP contribution in [0.4, 0.5) is 5.69 Å². The Morgan fingerprint density at radius 2 is 1.64 bits per heavy atom. The fraction of sp³-hybridized carbons (Fsp3) is 0.130. The first-order valence-electron chi connectivity index (χ1n) is 9.08. The van der Waals surface area contributed by atoms with Gasteiger partial charge in [0.25, 0.3) is 0 Å². The standard InChI is InChI=1S/C23H21N3O2/c1-25(18-8-4-3-5-9-18)22(27)16-26-21-11-7-6-10-20(21)24-23(26)17-12-14-19(28-2)15-13-17/h3-15H,16H2,1-2H3. The first-order valence-corrected chi connectivity index (χ1v) is 9.08. The second-order valence-corrected chi connectivity index (χ2v) is 6.53. The van der Waals surface area contributed by atoms with Gasteiger partial charge in [0.15, 0.2) is 0 Å². The number of imidazole rings is 1. The van der Waals surface area contributed by atoms with E-state index in [-0.39, 0.29) is 12.5 Å². The van der Waals surface area contributed by atoms with Gasteiger partial charge in [0.1, 0.15) is 18.1 Å². The number of hydrogen-bond donors (Lipinski definition) is 0. The number of likely N-dealkylation sites (N-methyl/N-ethyl adjacent to an activating group) is 1. The van der Waals surface area contributed by atoms with Crippen LogP contribution in [0, 0.1) is 0 Å². The third-order valence-electron chi connectivity index (χ3n) is 4.81. The Kier molecular flexibility index (Phi) is 4.81. The number of rotatable bonds is 5. The Labute approximate surface area is 163 Å². The smallest absolute Gasteiger partial charge is 0.246 e. The number of benzene rings is 3. The monoisotopic (exact) mass is 371 g/mol. The summed E-state index contributed by atoms with van der Waals surface area (Å²) in [5.74, 6) is 1.54. The molecule has 4 rings (SSSR count). The molecule has 0 bridgehead atoms. The molecule has 0 aliphatic heterocycles. The van der Waals surface area contributed by atoms with Crippen molar-refractivity contribution in [3.63, 3.8) is 0 Å². The molecule has 0 fully saturated rings. The molecule has 3 aromatic carbocycles. The van der Waals surface area contributed by atoms with Crippen LogP contribution >= 0.6 is 0 Å². The minimum Gasteiger partial charge on any atom is -0.497 e. The van der Waals surface area contributed by atoms with Gasteiger partial charge >= 0.3 is 0 Å². The molecule has 140 valence electrons. The molecule has 5 heteroatoms. The molecule has 0 saturated carbocycles. The number of carbonyl (C=O) groups excluding carboxylic acids is 1. The highest BCUT2D eigenvalue weighted by Gasteiger charge is 2.18. The summed E-state index contributed by atoms with van der Waals surface area (Å²) < 4.78 is 7.22. The zero-order valence-electron chi connectivity index (χ0n) is 15.9. The van der Waals surface area contributed by atoms with E-state index < -0.39 is 0 Å². The van der Waals surface area contributed by atoms with Crippen LogP contribution in [0.3, 0.4) is 0 Å². The average Bonchev–Trinajstić information content (AvgIpc) is 3.12. The third kappa shape index (κ3) is 3.34. The van der Waals surface area contributed by atoms with Gasteiger partial charge in [0, 0.05) is 18.3 Å². The van der Waals surface area contributed by atoms with E-state index in [0.717, 1.165) is 33.9 Å². The molecule has 0 spiro atoms. The van der Waals surface area contributed by atoms with E-state index in [4.69, 9.17) is 9.72 Å². The van der Waals surface area contributed by atoms with Gasteiger partial charge in [-0.05, 0) is 48.5 Å². The minimum atomic E-state index is -0.0101. The van der Waals surface area contributed by atoms with Crippen molar-refractivity contribution in [1.29, 1.82) is 0 Å². The summed E-state index contributed by atoms with van der Waals surface area (Å²) in [5, 5.41) is 0. The lowest BCUT2D eigenvalue weighted by Gasteiger charge is -2.18. The maximum absolute atomic E-state index is 13.0. The molecular formula is C23H21N3O2. The topological polar surface area (TPSA) is 47.4 Å². The number of amides is 1. The fourth-order valence-corrected chi connectivity index (χ4v) is 3.23. The molecule has 0 atom stereocenters. The van der Waals surface area contributed by atoms with Gasteiger partial charge in [-0.25, -0.2) is 4.98 Å². The summed E-state index contributed by atoms with van der Waals surface area (Å²) >= 11 is 0. The summed E-state index contributed by atoms with van der Waals surface area (Å²) in [7, 11) is 3.44. The highest BCUT2D eigenvalue weighted by Crippen LogP contribution is 2.27. The van der Waals surface area contributed by atoms with Crippen molar-refractivity contribution in [2.75, 3.05) is 19.1 Å². The molecule has 1 aromatic heterocycles. The maximum atomic E-state index is 13.0. The van der Waals surface area contributed by atoms with Crippen molar-refractivity contribution < 1.29 is 9.53 Å². The van der Waals surface area contributed by atoms with Crippen molar-refractivity contribution in [3.8, 4) is 17.1 Å². The van der Waals surface area contributed by atoms with Crippen molar-refractivity contribution >= 4 is 22.6 Å². The lowest BCUT2D eigenvalue weighted by Crippen LogP contribution is -2.30. The van der Waals surface area contributed by atoms with Crippen LogP contribution in [-0.2, 0) is 11.3 Å². The minimum absolute atomic E-state index is 0.0101. The molecule has 5 nitrogen and oxygen atoms in total. The summed E-state index contributed by atoms with van der Waals surface area (Å²) in [6.07, 6.45) is 0. The number of para-hydroxylation sites is 3. The van der Waals surface area contributed by atoms with Crippen molar-refractivity contribution in [2.24, 2.45) is 0 Å². The third-order valence-corrected chi connectivity index (χ3v) is 4.81. The fourth-order valence-electron chi connectivity index (χ4n) is 3.23. The highest BCUT2D eigenvalue weighted by atomic mass is 16.5. The van der Waals surface area contributed by atoms with Gasteiger partial charge in [0.2, 0.25) is 5.91 Å². The van der Waals surface area contributed by atoms with E-state index >= 15 is 0 Å². The second-order valence-electron chi connectivity index (χ2n) is 6.53. The summed E-state index contributed by atoms with van der Waals surface area (Å²) in [6, 6.07) is 25.2. The van der Waals surface area contributed by atoms with E-state index in [9.17, 15) is 4.79 Å². The van der Waals surface area contributed by atoms with Gasteiger partial charge in [-0.2, -0.15) is 0 Å². The summed E-state index contributed by atoms with van der Waals surface area (Å²) in [5.41, 5.74) is 3.60. The van der Waals surface area contributed by atoms with E-state index in [1.807, 2.05) is 83.4 Å². The zero-order chi connectivity index (χ0) is 19.5. The van der Waals surface area contributed by atoms with Crippen LogP contribution in [0.5, 0.6) is 5.75 Å². The van der Waals surface area contributed by atoms with Crippen LogP contribution in [0.25, 0.3) is 22.4 Å². The molecule has 0 N–H and O–H groups in total. The molecule has 1 heterocycles. The average molecular weight is 371 g/mol. The second kappa shape index (κ2) is 7.56. The van der Waals surface area contributed by atoms with Gasteiger partial charge in [-0.15, -0.1) is 0 Å². The van der Waals surface area contributed by atoms with Crippen LogP contribution in [0.2, 0.25) is 0 Å². The number of fused-ring (bicyclic) bond motifs is 1. The Bertz CT molecular complexity index is 1100. The molecule has 4 aromatic rings. The lowest BCUT2D eigenvalue weighted by atomic mass is 10.2. The van der Waals surface area contributed by atoms with Crippen LogP contribution < -0.4 is 9.64 Å². The van der Waals surface area contributed by atoms with Gasteiger partial charge in [0.05, 0.1) is 18.1 Å². The number of nitrogens with zero attached hydrogens (tertiary/aromatic N) is 3. The van der Waals surface area contributed by atoms with Gasteiger partial charge in [-0.3, -0.25) is 4.79 Å². The number of anilines is 1. The van der Waals surface area contributed by atoms with E-state index in [2.05, 4.69) is 0 Å². The molecular weight excluding hydrogens is 350 g/mol. The Morgan fingerprint density at radius 1 is 0.964 bits per heavy atom. The van der Waals surface area contributed by atoms with E-state index in [0.29, 0.717) is 0 Å². The van der Waals surface area contributed by atoms with Gasteiger partial charge < -0.3 is 14.2 Å². The number of methoxy groups -OCH3 is 1. The predicted molar refractivity (Wildman–Crippen MR) is 112 cm³/mol. The molecule has 0 unspecified atom stereocenters.